The van der Waals surface area contributed by atoms with Gasteiger partial charge in [-0.1, -0.05) is 25.5 Å². The van der Waals surface area contributed by atoms with E-state index in [4.69, 9.17) is 10.4 Å². The van der Waals surface area contributed by atoms with Crippen molar-refractivity contribution in [2.24, 2.45) is 5.92 Å². The summed E-state index contributed by atoms with van der Waals surface area (Å²) >= 11 is 0. The number of phenolic OH excluding ortho intramolecular Hbond substituents is 1. The number of aromatic hydroxyl groups is 1. The summed E-state index contributed by atoms with van der Waals surface area (Å²) in [6, 6.07) is 8.59. The number of phenols is 1. The van der Waals surface area contributed by atoms with Gasteiger partial charge in [-0.25, -0.2) is 0 Å². The van der Waals surface area contributed by atoms with Crippen molar-refractivity contribution in [2.45, 2.75) is 26.3 Å². The molecule has 0 aliphatic heterocycles. The van der Waals surface area contributed by atoms with E-state index >= 15 is 0 Å². The zero-order valence-corrected chi connectivity index (χ0v) is 9.81. The fourth-order valence-corrected chi connectivity index (χ4v) is 1.47. The third-order valence-electron chi connectivity index (χ3n) is 2.45. The van der Waals surface area contributed by atoms with Gasteiger partial charge in [-0.3, -0.25) is 4.79 Å². The van der Waals surface area contributed by atoms with Crippen LogP contribution in [0.25, 0.3) is 0 Å². The van der Waals surface area contributed by atoms with Crippen molar-refractivity contribution in [3.8, 4) is 11.8 Å². The highest BCUT2D eigenvalue weighted by Crippen LogP contribution is 2.10. The Morgan fingerprint density at radius 1 is 1.47 bits per heavy atom. The van der Waals surface area contributed by atoms with E-state index in [0.29, 0.717) is 13.0 Å². The lowest BCUT2D eigenvalue weighted by atomic mass is 10.0. The summed E-state index contributed by atoms with van der Waals surface area (Å²) in [5.41, 5.74) is 0.893. The molecule has 0 saturated carbocycles. The molecule has 17 heavy (non-hydrogen) atoms. The fraction of sp³-hybridized carbons (Fsp3) is 0.385. The first-order chi connectivity index (χ1) is 8.17. The van der Waals surface area contributed by atoms with Gasteiger partial charge < -0.3 is 10.4 Å². The van der Waals surface area contributed by atoms with Gasteiger partial charge in [0.2, 0.25) is 5.91 Å². The van der Waals surface area contributed by atoms with E-state index in [2.05, 4.69) is 5.32 Å². The Morgan fingerprint density at radius 3 is 2.65 bits per heavy atom. The van der Waals surface area contributed by atoms with Crippen LogP contribution in [0.2, 0.25) is 0 Å². The first-order valence-corrected chi connectivity index (χ1v) is 5.62. The molecular formula is C13H16N2O2. The second-order valence-electron chi connectivity index (χ2n) is 3.85. The highest BCUT2D eigenvalue weighted by atomic mass is 16.3. The number of nitriles is 1. The first-order valence-electron chi connectivity index (χ1n) is 5.62. The molecule has 1 unspecified atom stereocenters. The van der Waals surface area contributed by atoms with Crippen LogP contribution in [-0.2, 0) is 11.3 Å². The van der Waals surface area contributed by atoms with Crippen LogP contribution in [0.15, 0.2) is 24.3 Å². The van der Waals surface area contributed by atoms with Gasteiger partial charge in [0.15, 0.2) is 0 Å². The van der Waals surface area contributed by atoms with Crippen LogP contribution in [0.3, 0.4) is 0 Å². The van der Waals surface area contributed by atoms with E-state index in [9.17, 15) is 4.79 Å². The van der Waals surface area contributed by atoms with Gasteiger partial charge in [-0.05, 0) is 24.1 Å². The van der Waals surface area contributed by atoms with E-state index in [1.807, 2.05) is 13.0 Å². The largest absolute Gasteiger partial charge is 0.508 e. The quantitative estimate of drug-likeness (QED) is 0.814. The molecule has 0 radical (unpaired) electrons. The predicted molar refractivity (Wildman–Crippen MR) is 64.0 cm³/mol. The maximum Gasteiger partial charge on any atom is 0.237 e. The number of amides is 1. The number of carbonyl (C=O) groups is 1. The number of hydrogen-bond donors (Lipinski definition) is 2. The molecule has 1 aromatic carbocycles. The van der Waals surface area contributed by atoms with Crippen LogP contribution in [0.5, 0.6) is 5.75 Å². The Bertz CT molecular complexity index is 406. The summed E-state index contributed by atoms with van der Waals surface area (Å²) in [5, 5.41) is 20.6. The van der Waals surface area contributed by atoms with Gasteiger partial charge in [0.1, 0.15) is 11.7 Å². The molecule has 0 aliphatic carbocycles. The van der Waals surface area contributed by atoms with Crippen molar-refractivity contribution >= 4 is 5.91 Å². The molecule has 2 N–H and O–H groups in total. The second kappa shape index (κ2) is 6.54. The monoisotopic (exact) mass is 232 g/mol. The minimum absolute atomic E-state index is 0.195. The summed E-state index contributed by atoms with van der Waals surface area (Å²) in [5.74, 6) is -0.611. The van der Waals surface area contributed by atoms with Crippen molar-refractivity contribution in [3.05, 3.63) is 29.8 Å². The smallest absolute Gasteiger partial charge is 0.237 e. The average molecular weight is 232 g/mol. The van der Waals surface area contributed by atoms with Gasteiger partial charge in [0.05, 0.1) is 6.07 Å². The van der Waals surface area contributed by atoms with Crippen LogP contribution in [0, 0.1) is 17.2 Å². The number of nitrogens with zero attached hydrogens (tertiary/aromatic N) is 1. The molecule has 1 amide bonds. The minimum Gasteiger partial charge on any atom is -0.508 e. The molecule has 0 bridgehead atoms. The molecule has 90 valence electrons. The van der Waals surface area contributed by atoms with E-state index in [-0.39, 0.29) is 11.7 Å². The van der Waals surface area contributed by atoms with Crippen LogP contribution in [0.4, 0.5) is 0 Å². The van der Waals surface area contributed by atoms with Crippen LogP contribution < -0.4 is 5.32 Å². The standard InChI is InChI=1S/C13H16N2O2/c1-2-3-11(8-14)13(17)15-9-10-4-6-12(16)7-5-10/h4-7,11,16H,2-3,9H2,1H3,(H,15,17). The zero-order valence-electron chi connectivity index (χ0n) is 9.81. The van der Waals surface area contributed by atoms with Crippen LogP contribution >= 0.6 is 0 Å². The Hall–Kier alpha value is -2.02. The van der Waals surface area contributed by atoms with Gasteiger partial charge in [0, 0.05) is 6.54 Å². The lowest BCUT2D eigenvalue weighted by Crippen LogP contribution is -2.29. The van der Waals surface area contributed by atoms with Crippen LogP contribution in [0.1, 0.15) is 25.3 Å². The van der Waals surface area contributed by atoms with E-state index in [1.54, 1.807) is 24.3 Å². The fourth-order valence-electron chi connectivity index (χ4n) is 1.47. The molecule has 0 aliphatic rings. The SMILES string of the molecule is CCCC(C#N)C(=O)NCc1ccc(O)cc1. The topological polar surface area (TPSA) is 73.1 Å². The minimum atomic E-state index is -0.572. The molecule has 0 saturated heterocycles. The maximum atomic E-state index is 11.6. The highest BCUT2D eigenvalue weighted by molar-refractivity contribution is 5.80. The number of rotatable bonds is 5. The van der Waals surface area contributed by atoms with Gasteiger partial charge in [0.25, 0.3) is 0 Å². The molecule has 1 rings (SSSR count). The molecule has 1 atom stereocenters. The first kappa shape index (κ1) is 13.0. The lowest BCUT2D eigenvalue weighted by molar-refractivity contribution is -0.123. The zero-order chi connectivity index (χ0) is 12.7. The van der Waals surface area contributed by atoms with Crippen molar-refractivity contribution in [2.75, 3.05) is 0 Å². The van der Waals surface area contributed by atoms with Crippen molar-refractivity contribution in [1.82, 2.24) is 5.32 Å². The summed E-state index contributed by atoms with van der Waals surface area (Å²) in [4.78, 5) is 11.6. The molecule has 4 nitrogen and oxygen atoms in total. The molecule has 0 fully saturated rings. The molecule has 0 aromatic heterocycles. The van der Waals surface area contributed by atoms with Crippen molar-refractivity contribution in [3.63, 3.8) is 0 Å². The molecule has 0 spiro atoms. The van der Waals surface area contributed by atoms with Crippen molar-refractivity contribution < 1.29 is 9.90 Å². The Kier molecular flexibility index (Phi) is 5.02. The number of carbonyl (C=O) groups excluding carboxylic acids is 1. The number of nitrogens with one attached hydrogen (secondary N) is 1. The van der Waals surface area contributed by atoms with Crippen LogP contribution in [-0.4, -0.2) is 11.0 Å². The summed E-state index contributed by atoms with van der Waals surface area (Å²) < 4.78 is 0. The second-order valence-corrected chi connectivity index (χ2v) is 3.85. The van der Waals surface area contributed by atoms with E-state index in [0.717, 1.165) is 12.0 Å². The molecular weight excluding hydrogens is 216 g/mol. The average Bonchev–Trinajstić information content (AvgIpc) is 2.35. The van der Waals surface area contributed by atoms with Gasteiger partial charge in [-0.15, -0.1) is 0 Å². The Balaban J connectivity index is 2.47. The third-order valence-corrected chi connectivity index (χ3v) is 2.45. The van der Waals surface area contributed by atoms with Gasteiger partial charge in [-0.2, -0.15) is 5.26 Å². The Morgan fingerprint density at radius 2 is 2.12 bits per heavy atom. The van der Waals surface area contributed by atoms with Gasteiger partial charge >= 0.3 is 0 Å². The maximum absolute atomic E-state index is 11.6. The Labute approximate surface area is 101 Å². The summed E-state index contributed by atoms with van der Waals surface area (Å²) in [6.07, 6.45) is 1.39. The lowest BCUT2D eigenvalue weighted by Gasteiger charge is -2.09. The van der Waals surface area contributed by atoms with Crippen molar-refractivity contribution in [1.29, 1.82) is 5.26 Å². The normalized spacial score (nSPS) is 11.5. The molecule has 0 heterocycles. The third kappa shape index (κ3) is 4.15. The number of benzene rings is 1. The highest BCUT2D eigenvalue weighted by Gasteiger charge is 2.15. The summed E-state index contributed by atoms with van der Waals surface area (Å²) in [6.45, 7) is 2.32. The summed E-state index contributed by atoms with van der Waals surface area (Å²) in [7, 11) is 0. The molecule has 4 heteroatoms. The molecule has 1 aromatic rings. The van der Waals surface area contributed by atoms with E-state index < -0.39 is 5.92 Å². The van der Waals surface area contributed by atoms with E-state index in [1.165, 1.54) is 0 Å². The predicted octanol–water partition coefficient (Wildman–Crippen LogP) is 1.95. The number of hydrogen-bond acceptors (Lipinski definition) is 3.